The fourth-order valence-electron chi connectivity index (χ4n) is 1.31. The van der Waals surface area contributed by atoms with Gasteiger partial charge >= 0.3 is 5.63 Å². The lowest BCUT2D eigenvalue weighted by molar-refractivity contribution is 0.432. The van der Waals surface area contributed by atoms with Crippen molar-refractivity contribution in [1.29, 1.82) is 0 Å². The van der Waals surface area contributed by atoms with Gasteiger partial charge in [-0.15, -0.1) is 11.3 Å². The summed E-state index contributed by atoms with van der Waals surface area (Å²) in [6.45, 7) is 3.43. The van der Waals surface area contributed by atoms with Gasteiger partial charge in [-0.3, -0.25) is 0 Å². The van der Waals surface area contributed by atoms with Crippen molar-refractivity contribution in [2.75, 3.05) is 0 Å². The number of halogens is 1. The van der Waals surface area contributed by atoms with Crippen LogP contribution in [0.1, 0.15) is 10.8 Å². The quantitative estimate of drug-likeness (QED) is 0.880. The first-order valence-electron chi connectivity index (χ1n) is 4.45. The highest BCUT2D eigenvalue weighted by atomic mass is 79.9. The third kappa shape index (κ3) is 1.78. The van der Waals surface area contributed by atoms with Gasteiger partial charge in [0.05, 0.1) is 15.2 Å². The second-order valence-electron chi connectivity index (χ2n) is 3.24. The highest BCUT2D eigenvalue weighted by Gasteiger charge is 2.18. The summed E-state index contributed by atoms with van der Waals surface area (Å²) in [6.07, 6.45) is 0. The number of aromatic hydroxyl groups is 1. The van der Waals surface area contributed by atoms with E-state index in [0.717, 1.165) is 5.01 Å². The molecule has 0 fully saturated rings. The molecule has 0 amide bonds. The maximum atomic E-state index is 11.6. The Morgan fingerprint density at radius 1 is 1.50 bits per heavy atom. The lowest BCUT2D eigenvalue weighted by Crippen LogP contribution is -2.05. The number of aromatic nitrogens is 1. The fourth-order valence-corrected chi connectivity index (χ4v) is 2.20. The minimum atomic E-state index is -0.580. The van der Waals surface area contributed by atoms with Gasteiger partial charge in [-0.1, -0.05) is 0 Å². The molecule has 0 aliphatic rings. The summed E-state index contributed by atoms with van der Waals surface area (Å²) in [5.74, 6) is 0.220. The van der Waals surface area contributed by atoms with E-state index in [4.69, 9.17) is 4.42 Å². The van der Waals surface area contributed by atoms with Crippen LogP contribution < -0.4 is 5.63 Å². The average Bonchev–Trinajstić information content (AvgIpc) is 2.61. The Hall–Kier alpha value is -1.14. The predicted octanol–water partition coefficient (Wildman–Crippen LogP) is 2.85. The zero-order valence-corrected chi connectivity index (χ0v) is 11.0. The smallest absolute Gasteiger partial charge is 0.349 e. The van der Waals surface area contributed by atoms with Crippen LogP contribution in [-0.2, 0) is 0 Å². The SMILES string of the molecule is Cc1nc(-c2c(O)c(Br)c(C)oc2=O)cs1. The van der Waals surface area contributed by atoms with Gasteiger partial charge in [0.1, 0.15) is 17.1 Å². The largest absolute Gasteiger partial charge is 0.506 e. The number of thiazole rings is 1. The van der Waals surface area contributed by atoms with E-state index in [1.165, 1.54) is 11.3 Å². The van der Waals surface area contributed by atoms with E-state index in [1.54, 1.807) is 12.3 Å². The fraction of sp³-hybridized carbons (Fsp3) is 0.200. The Kier molecular flexibility index (Phi) is 2.86. The number of hydrogen-bond donors (Lipinski definition) is 1. The summed E-state index contributed by atoms with van der Waals surface area (Å²) in [5.41, 5.74) is -0.0419. The van der Waals surface area contributed by atoms with Crippen LogP contribution in [0.3, 0.4) is 0 Å². The summed E-state index contributed by atoms with van der Waals surface area (Å²) < 4.78 is 5.37. The Balaban J connectivity index is 2.75. The normalized spacial score (nSPS) is 10.7. The molecular formula is C10H8BrNO3S. The maximum Gasteiger partial charge on any atom is 0.349 e. The number of hydrogen-bond acceptors (Lipinski definition) is 5. The molecule has 0 radical (unpaired) electrons. The molecule has 2 aromatic heterocycles. The van der Waals surface area contributed by atoms with E-state index in [9.17, 15) is 9.90 Å². The molecule has 16 heavy (non-hydrogen) atoms. The van der Waals surface area contributed by atoms with Crippen LogP contribution in [0.2, 0.25) is 0 Å². The van der Waals surface area contributed by atoms with E-state index in [2.05, 4.69) is 20.9 Å². The van der Waals surface area contributed by atoms with Crippen molar-refractivity contribution in [2.24, 2.45) is 0 Å². The Bertz CT molecular complexity index is 603. The molecule has 2 rings (SSSR count). The number of nitrogens with zero attached hydrogens (tertiary/aromatic N) is 1. The Morgan fingerprint density at radius 3 is 2.75 bits per heavy atom. The molecule has 2 heterocycles. The lowest BCUT2D eigenvalue weighted by Gasteiger charge is -2.03. The van der Waals surface area contributed by atoms with Gasteiger partial charge in [0, 0.05) is 5.38 Å². The van der Waals surface area contributed by atoms with Crippen LogP contribution in [-0.4, -0.2) is 10.1 Å². The van der Waals surface area contributed by atoms with Crippen LogP contribution >= 0.6 is 27.3 Å². The number of aryl methyl sites for hydroxylation is 2. The molecule has 0 bridgehead atoms. The lowest BCUT2D eigenvalue weighted by atomic mass is 10.2. The summed E-state index contributed by atoms with van der Waals surface area (Å²) >= 11 is 4.57. The van der Waals surface area contributed by atoms with Gasteiger partial charge < -0.3 is 9.52 Å². The molecule has 84 valence electrons. The topological polar surface area (TPSA) is 63.3 Å². The third-order valence-corrected chi connectivity index (χ3v) is 3.79. The molecule has 0 aromatic carbocycles. The van der Waals surface area contributed by atoms with Gasteiger partial charge in [-0.2, -0.15) is 0 Å². The molecule has 0 aliphatic heterocycles. The van der Waals surface area contributed by atoms with Crippen molar-refractivity contribution in [2.45, 2.75) is 13.8 Å². The van der Waals surface area contributed by atoms with Crippen LogP contribution in [0.4, 0.5) is 0 Å². The first kappa shape index (κ1) is 11.3. The molecule has 0 saturated carbocycles. The predicted molar refractivity (Wildman–Crippen MR) is 64.9 cm³/mol. The average molecular weight is 302 g/mol. The third-order valence-electron chi connectivity index (χ3n) is 2.08. The molecule has 0 aliphatic carbocycles. The molecule has 6 heteroatoms. The molecule has 1 N–H and O–H groups in total. The van der Waals surface area contributed by atoms with Crippen molar-refractivity contribution in [3.63, 3.8) is 0 Å². The van der Waals surface area contributed by atoms with E-state index in [0.29, 0.717) is 15.9 Å². The van der Waals surface area contributed by atoms with Crippen LogP contribution in [0, 0.1) is 13.8 Å². The van der Waals surface area contributed by atoms with Crippen molar-refractivity contribution in [3.05, 3.63) is 31.0 Å². The van der Waals surface area contributed by atoms with Crippen molar-refractivity contribution in [1.82, 2.24) is 4.98 Å². The Morgan fingerprint density at radius 2 is 2.19 bits per heavy atom. The minimum Gasteiger partial charge on any atom is -0.506 e. The standard InChI is InChI=1S/C10H8BrNO3S/c1-4-8(11)9(13)7(10(14)15-4)6-3-16-5(2)12-6/h3,13H,1-2H3. The van der Waals surface area contributed by atoms with Crippen LogP contribution in [0.15, 0.2) is 19.1 Å². The Labute approximate surface area is 104 Å². The molecule has 0 unspecified atom stereocenters. The van der Waals surface area contributed by atoms with Crippen LogP contribution in [0.25, 0.3) is 11.3 Å². The molecule has 0 saturated heterocycles. The first-order valence-corrected chi connectivity index (χ1v) is 6.12. The first-order chi connectivity index (χ1) is 7.50. The van der Waals surface area contributed by atoms with Gasteiger partial charge in [0.15, 0.2) is 0 Å². The molecule has 2 aromatic rings. The van der Waals surface area contributed by atoms with Crippen LogP contribution in [0.5, 0.6) is 5.75 Å². The van der Waals surface area contributed by atoms with E-state index in [-0.39, 0.29) is 11.3 Å². The highest BCUT2D eigenvalue weighted by Crippen LogP contribution is 2.34. The second-order valence-corrected chi connectivity index (χ2v) is 5.09. The van der Waals surface area contributed by atoms with E-state index in [1.807, 2.05) is 6.92 Å². The second kappa shape index (κ2) is 4.03. The van der Waals surface area contributed by atoms with Gasteiger partial charge in [0.25, 0.3) is 0 Å². The summed E-state index contributed by atoms with van der Waals surface area (Å²) in [7, 11) is 0. The van der Waals surface area contributed by atoms with Crippen molar-refractivity contribution >= 4 is 27.3 Å². The summed E-state index contributed by atoms with van der Waals surface area (Å²) in [4.78, 5) is 15.8. The van der Waals surface area contributed by atoms with Gasteiger partial charge in [-0.25, -0.2) is 9.78 Å². The van der Waals surface area contributed by atoms with E-state index < -0.39 is 5.63 Å². The number of rotatable bonds is 1. The van der Waals surface area contributed by atoms with Gasteiger partial charge in [0.2, 0.25) is 0 Å². The zero-order chi connectivity index (χ0) is 11.9. The zero-order valence-electron chi connectivity index (χ0n) is 8.57. The van der Waals surface area contributed by atoms with Gasteiger partial charge in [-0.05, 0) is 29.8 Å². The summed E-state index contributed by atoms with van der Waals surface area (Å²) in [5, 5.41) is 12.4. The highest BCUT2D eigenvalue weighted by molar-refractivity contribution is 9.10. The molecule has 0 atom stereocenters. The molecule has 0 spiro atoms. The van der Waals surface area contributed by atoms with E-state index >= 15 is 0 Å². The molecular weight excluding hydrogens is 294 g/mol. The van der Waals surface area contributed by atoms with Crippen molar-refractivity contribution in [3.8, 4) is 17.0 Å². The monoisotopic (exact) mass is 301 g/mol. The summed E-state index contributed by atoms with van der Waals surface area (Å²) in [6, 6.07) is 0. The van der Waals surface area contributed by atoms with Crippen molar-refractivity contribution < 1.29 is 9.52 Å². The molecule has 4 nitrogen and oxygen atoms in total. The maximum absolute atomic E-state index is 11.6. The minimum absolute atomic E-state index is 0.0989.